The van der Waals surface area contributed by atoms with Gasteiger partial charge in [0, 0.05) is 17.5 Å². The molecule has 1 heterocycles. The Morgan fingerprint density at radius 3 is 2.00 bits per heavy atom. The molecule has 0 radical (unpaired) electrons. The van der Waals surface area contributed by atoms with Gasteiger partial charge in [-0.1, -0.05) is 54.6 Å². The van der Waals surface area contributed by atoms with Crippen LogP contribution < -0.4 is 0 Å². The summed E-state index contributed by atoms with van der Waals surface area (Å²) in [4.78, 5) is 39.5. The van der Waals surface area contributed by atoms with E-state index in [0.717, 1.165) is 16.7 Å². The SMILES string of the molecule is COC(=O)C12C=C(c3ccccc3)OC(c3ccccc3C)=C1CC(C(=O)OC)(C(=O)OC)C2. The van der Waals surface area contributed by atoms with Crippen LogP contribution in [0.1, 0.15) is 29.5 Å². The quantitative estimate of drug-likeness (QED) is 0.376. The highest BCUT2D eigenvalue weighted by Gasteiger charge is 2.66. The Morgan fingerprint density at radius 2 is 1.41 bits per heavy atom. The van der Waals surface area contributed by atoms with Gasteiger partial charge in [0.05, 0.1) is 21.3 Å². The number of ether oxygens (including phenoxy) is 4. The third-order valence-electron chi connectivity index (χ3n) is 6.61. The van der Waals surface area contributed by atoms with Gasteiger partial charge in [-0.2, -0.15) is 0 Å². The van der Waals surface area contributed by atoms with Gasteiger partial charge in [0.1, 0.15) is 16.9 Å². The van der Waals surface area contributed by atoms with Gasteiger partial charge in [-0.25, -0.2) is 0 Å². The second-order valence-corrected chi connectivity index (χ2v) is 8.48. The Balaban J connectivity index is 2.05. The molecule has 1 atom stereocenters. The van der Waals surface area contributed by atoms with E-state index in [1.165, 1.54) is 21.3 Å². The Bertz CT molecular complexity index is 1190. The van der Waals surface area contributed by atoms with Gasteiger partial charge < -0.3 is 18.9 Å². The van der Waals surface area contributed by atoms with Gasteiger partial charge in [0.15, 0.2) is 5.41 Å². The maximum atomic E-state index is 13.5. The van der Waals surface area contributed by atoms with Crippen LogP contribution in [0.15, 0.2) is 66.2 Å². The van der Waals surface area contributed by atoms with Gasteiger partial charge >= 0.3 is 17.9 Å². The molecule has 0 aromatic heterocycles. The highest BCUT2D eigenvalue weighted by molar-refractivity contribution is 6.05. The Hall–Kier alpha value is -3.87. The Morgan fingerprint density at radius 1 is 0.824 bits per heavy atom. The molecule has 1 fully saturated rings. The highest BCUT2D eigenvalue weighted by atomic mass is 16.5. The van der Waals surface area contributed by atoms with E-state index in [1.54, 1.807) is 6.08 Å². The minimum atomic E-state index is -1.73. The summed E-state index contributed by atoms with van der Waals surface area (Å²) in [5.41, 5.74) is -0.288. The molecule has 2 aliphatic rings. The average molecular weight is 462 g/mol. The van der Waals surface area contributed by atoms with Gasteiger partial charge in [-0.15, -0.1) is 0 Å². The van der Waals surface area contributed by atoms with E-state index in [-0.39, 0.29) is 12.8 Å². The summed E-state index contributed by atoms with van der Waals surface area (Å²) >= 11 is 0. The third kappa shape index (κ3) is 3.48. The van der Waals surface area contributed by atoms with E-state index < -0.39 is 28.7 Å². The molecule has 0 saturated heterocycles. The second-order valence-electron chi connectivity index (χ2n) is 8.48. The first kappa shape index (κ1) is 23.3. The molecule has 1 saturated carbocycles. The molecule has 0 amide bonds. The maximum absolute atomic E-state index is 13.5. The van der Waals surface area contributed by atoms with Crippen LogP contribution in [-0.2, 0) is 33.3 Å². The Kier molecular flexibility index (Phi) is 6.04. The van der Waals surface area contributed by atoms with Gasteiger partial charge in [0.25, 0.3) is 0 Å². The van der Waals surface area contributed by atoms with Crippen molar-refractivity contribution >= 4 is 29.4 Å². The van der Waals surface area contributed by atoms with Crippen molar-refractivity contribution in [2.75, 3.05) is 21.3 Å². The fraction of sp³-hybridized carbons (Fsp3) is 0.296. The highest BCUT2D eigenvalue weighted by Crippen LogP contribution is 2.61. The van der Waals surface area contributed by atoms with Crippen LogP contribution in [0.2, 0.25) is 0 Å². The monoisotopic (exact) mass is 462 g/mol. The lowest BCUT2D eigenvalue weighted by molar-refractivity contribution is -0.169. The standard InChI is InChI=1S/C27H26O7/c1-17-10-8-9-13-19(17)22-20-14-27(24(29)32-3,25(30)33-4)16-26(20,23(28)31-2)15-21(34-22)18-11-6-5-7-12-18/h5-13,15H,14,16H2,1-4H3. The molecule has 7 nitrogen and oxygen atoms in total. The summed E-state index contributed by atoms with van der Waals surface area (Å²) in [6.45, 7) is 1.93. The van der Waals surface area contributed by atoms with E-state index in [2.05, 4.69) is 0 Å². The molecule has 4 rings (SSSR count). The number of benzene rings is 2. The van der Waals surface area contributed by atoms with E-state index in [4.69, 9.17) is 18.9 Å². The number of methoxy groups -OCH3 is 3. The molecule has 2 aromatic carbocycles. The smallest absolute Gasteiger partial charge is 0.323 e. The van der Waals surface area contributed by atoms with Crippen LogP contribution >= 0.6 is 0 Å². The molecule has 1 aliphatic carbocycles. The van der Waals surface area contributed by atoms with Gasteiger partial charge in [0.2, 0.25) is 0 Å². The number of carbonyl (C=O) groups excluding carboxylic acids is 3. The fourth-order valence-electron chi connectivity index (χ4n) is 4.94. The van der Waals surface area contributed by atoms with Crippen molar-refractivity contribution in [2.24, 2.45) is 10.8 Å². The number of rotatable bonds is 5. The summed E-state index contributed by atoms with van der Waals surface area (Å²) in [6.07, 6.45) is 1.35. The predicted octanol–water partition coefficient (Wildman–Crippen LogP) is 4.06. The number of hydrogen-bond donors (Lipinski definition) is 0. The normalized spacial score (nSPS) is 20.5. The molecule has 0 N–H and O–H groups in total. The summed E-state index contributed by atoms with van der Waals surface area (Å²) in [5, 5.41) is 0. The lowest BCUT2D eigenvalue weighted by Crippen LogP contribution is -2.41. The van der Waals surface area contributed by atoms with Crippen molar-refractivity contribution in [1.82, 2.24) is 0 Å². The van der Waals surface area contributed by atoms with Crippen molar-refractivity contribution in [2.45, 2.75) is 19.8 Å². The topological polar surface area (TPSA) is 88.1 Å². The minimum absolute atomic E-state index is 0.107. The molecule has 1 aliphatic heterocycles. The van der Waals surface area contributed by atoms with Crippen LogP contribution in [0.4, 0.5) is 0 Å². The van der Waals surface area contributed by atoms with Crippen LogP contribution in [0.25, 0.3) is 11.5 Å². The van der Waals surface area contributed by atoms with Crippen molar-refractivity contribution < 1.29 is 33.3 Å². The molecule has 34 heavy (non-hydrogen) atoms. The lowest BCUT2D eigenvalue weighted by Gasteiger charge is -2.33. The molecular formula is C27H26O7. The summed E-state index contributed by atoms with van der Waals surface area (Å²) in [6, 6.07) is 16.9. The predicted molar refractivity (Wildman–Crippen MR) is 124 cm³/mol. The molecular weight excluding hydrogens is 436 g/mol. The van der Waals surface area contributed by atoms with Crippen molar-refractivity contribution in [3.63, 3.8) is 0 Å². The fourth-order valence-corrected chi connectivity index (χ4v) is 4.94. The molecule has 2 aromatic rings. The van der Waals surface area contributed by atoms with Crippen LogP contribution in [0.5, 0.6) is 0 Å². The van der Waals surface area contributed by atoms with Gasteiger partial charge in [-0.05, 0) is 30.6 Å². The third-order valence-corrected chi connectivity index (χ3v) is 6.61. The summed E-state index contributed by atoms with van der Waals surface area (Å²) < 4.78 is 21.7. The van der Waals surface area contributed by atoms with E-state index in [9.17, 15) is 14.4 Å². The van der Waals surface area contributed by atoms with E-state index in [0.29, 0.717) is 17.1 Å². The number of hydrogen-bond acceptors (Lipinski definition) is 7. The first-order valence-electron chi connectivity index (χ1n) is 10.8. The average Bonchev–Trinajstić information content (AvgIpc) is 3.25. The van der Waals surface area contributed by atoms with Crippen LogP contribution in [0, 0.1) is 17.8 Å². The zero-order chi connectivity index (χ0) is 24.5. The molecule has 7 heteroatoms. The number of carbonyl (C=O) groups is 3. The largest absolute Gasteiger partial charge is 0.468 e. The van der Waals surface area contributed by atoms with Gasteiger partial charge in [-0.3, -0.25) is 14.4 Å². The maximum Gasteiger partial charge on any atom is 0.323 e. The molecule has 1 unspecified atom stereocenters. The van der Waals surface area contributed by atoms with Crippen LogP contribution in [0.3, 0.4) is 0 Å². The summed E-state index contributed by atoms with van der Waals surface area (Å²) in [5.74, 6) is -1.30. The molecule has 0 spiro atoms. The Labute approximate surface area is 198 Å². The van der Waals surface area contributed by atoms with Crippen molar-refractivity contribution in [1.29, 1.82) is 0 Å². The first-order chi connectivity index (χ1) is 16.3. The second kappa shape index (κ2) is 8.82. The van der Waals surface area contributed by atoms with E-state index in [1.807, 2.05) is 61.5 Å². The van der Waals surface area contributed by atoms with E-state index >= 15 is 0 Å². The zero-order valence-corrected chi connectivity index (χ0v) is 19.5. The van der Waals surface area contributed by atoms with Crippen molar-refractivity contribution in [3.8, 4) is 0 Å². The number of esters is 3. The first-order valence-corrected chi connectivity index (χ1v) is 10.8. The zero-order valence-electron chi connectivity index (χ0n) is 19.5. The summed E-state index contributed by atoms with van der Waals surface area (Å²) in [7, 11) is 3.69. The number of aryl methyl sites for hydroxylation is 1. The lowest BCUT2D eigenvalue weighted by atomic mass is 9.76. The van der Waals surface area contributed by atoms with Crippen LogP contribution in [-0.4, -0.2) is 39.2 Å². The molecule has 0 bridgehead atoms. The number of fused-ring (bicyclic) bond motifs is 1. The minimum Gasteiger partial charge on any atom is -0.468 e. The van der Waals surface area contributed by atoms with Crippen molar-refractivity contribution in [3.05, 3.63) is 82.9 Å². The molecule has 176 valence electrons.